The van der Waals surface area contributed by atoms with Crippen LogP contribution >= 0.6 is 23.1 Å². The lowest BCUT2D eigenvalue weighted by molar-refractivity contribution is 0.375. The minimum absolute atomic E-state index is 0.107. The normalized spacial score (nSPS) is 18.0. The number of thioether (sulfide) groups is 1. The first-order valence-corrected chi connectivity index (χ1v) is 12.5. The molecule has 2 aliphatic rings. The van der Waals surface area contributed by atoms with Crippen molar-refractivity contribution in [1.29, 1.82) is 0 Å². The van der Waals surface area contributed by atoms with Crippen LogP contribution in [-0.4, -0.2) is 19.7 Å². The third kappa shape index (κ3) is 3.65. The lowest BCUT2D eigenvalue weighted by Gasteiger charge is -2.17. The molecular weight excluding hydrogens is 404 g/mol. The molecule has 0 spiro atoms. The molecular formula is C21H26N4O2S2. The number of nitrogens with zero attached hydrogens (tertiary/aromatic N) is 4. The van der Waals surface area contributed by atoms with Crippen molar-refractivity contribution in [1.82, 2.24) is 19.7 Å². The molecule has 2 aliphatic carbocycles. The summed E-state index contributed by atoms with van der Waals surface area (Å²) in [4.78, 5) is 25.3. The van der Waals surface area contributed by atoms with E-state index in [0.29, 0.717) is 17.5 Å². The monoisotopic (exact) mass is 430 g/mol. The maximum Gasteiger partial charge on any atom is 0.263 e. The number of aromatic nitrogens is 4. The van der Waals surface area contributed by atoms with E-state index >= 15 is 0 Å². The first-order chi connectivity index (χ1) is 14.2. The topological polar surface area (TPSA) is 73.8 Å². The maximum absolute atomic E-state index is 13.6. The van der Waals surface area contributed by atoms with E-state index in [1.807, 2.05) is 4.57 Å². The van der Waals surface area contributed by atoms with E-state index in [4.69, 9.17) is 9.51 Å². The van der Waals surface area contributed by atoms with Gasteiger partial charge in [0.25, 0.3) is 5.56 Å². The summed E-state index contributed by atoms with van der Waals surface area (Å²) in [5.74, 6) is 2.46. The van der Waals surface area contributed by atoms with Crippen molar-refractivity contribution in [2.45, 2.75) is 88.1 Å². The molecule has 1 saturated carbocycles. The van der Waals surface area contributed by atoms with Crippen LogP contribution in [0.5, 0.6) is 0 Å². The highest BCUT2D eigenvalue weighted by molar-refractivity contribution is 7.98. The average Bonchev–Trinajstić information content (AvgIpc) is 3.42. The molecule has 8 heteroatoms. The Bertz CT molecular complexity index is 1100. The van der Waals surface area contributed by atoms with Crippen LogP contribution in [0.15, 0.2) is 14.5 Å². The summed E-state index contributed by atoms with van der Waals surface area (Å²) in [5, 5.41) is 5.75. The van der Waals surface area contributed by atoms with Gasteiger partial charge >= 0.3 is 0 Å². The van der Waals surface area contributed by atoms with Crippen molar-refractivity contribution in [2.75, 3.05) is 0 Å². The van der Waals surface area contributed by atoms with Crippen LogP contribution in [0.2, 0.25) is 0 Å². The zero-order valence-corrected chi connectivity index (χ0v) is 18.6. The van der Waals surface area contributed by atoms with Crippen molar-refractivity contribution in [3.63, 3.8) is 0 Å². The first kappa shape index (κ1) is 19.3. The van der Waals surface area contributed by atoms with Crippen LogP contribution in [0.4, 0.5) is 0 Å². The number of hydrogen-bond donors (Lipinski definition) is 0. The summed E-state index contributed by atoms with van der Waals surface area (Å²) in [6, 6.07) is 0.107. The van der Waals surface area contributed by atoms with E-state index in [0.717, 1.165) is 53.4 Å². The zero-order chi connectivity index (χ0) is 20.0. The largest absolute Gasteiger partial charge is 0.339 e. The summed E-state index contributed by atoms with van der Waals surface area (Å²) in [6.45, 7) is 4.22. The Kier molecular flexibility index (Phi) is 5.24. The third-order valence-corrected chi connectivity index (χ3v) is 8.15. The number of aryl methyl sites for hydroxylation is 2. The van der Waals surface area contributed by atoms with Crippen LogP contribution < -0.4 is 5.56 Å². The summed E-state index contributed by atoms with van der Waals surface area (Å²) >= 11 is 3.26. The summed E-state index contributed by atoms with van der Waals surface area (Å²) in [7, 11) is 0. The van der Waals surface area contributed by atoms with Gasteiger partial charge < -0.3 is 4.52 Å². The SMILES string of the molecule is CCC(C)n1c(SCc2noc(C3CC3)n2)nc2sc3c(c2c1=O)CCCCC3. The second-order valence-corrected chi connectivity index (χ2v) is 10.2. The van der Waals surface area contributed by atoms with E-state index in [-0.39, 0.29) is 11.6 Å². The molecule has 1 fully saturated rings. The molecule has 154 valence electrons. The lowest BCUT2D eigenvalue weighted by Crippen LogP contribution is -2.26. The fourth-order valence-corrected chi connectivity index (χ4v) is 6.24. The van der Waals surface area contributed by atoms with Gasteiger partial charge in [0, 0.05) is 16.8 Å². The number of hydrogen-bond acceptors (Lipinski definition) is 7. The molecule has 0 radical (unpaired) electrons. The van der Waals surface area contributed by atoms with E-state index in [9.17, 15) is 4.79 Å². The Morgan fingerprint density at radius 1 is 1.24 bits per heavy atom. The van der Waals surface area contributed by atoms with Gasteiger partial charge in [-0.1, -0.05) is 30.3 Å². The number of thiophene rings is 1. The standard InChI is InChI=1S/C21H26N4O2S2/c1-3-12(2)25-20(26)17-14-7-5-4-6-8-15(14)29-19(17)23-21(25)28-11-16-22-18(27-24-16)13-9-10-13/h12-13H,3-11H2,1-2H3. The van der Waals surface area contributed by atoms with Crippen LogP contribution in [-0.2, 0) is 18.6 Å². The predicted octanol–water partition coefficient (Wildman–Crippen LogP) is 5.25. The fourth-order valence-electron chi connectivity index (χ4n) is 4.00. The van der Waals surface area contributed by atoms with Crippen LogP contribution in [0.1, 0.15) is 86.5 Å². The molecule has 5 rings (SSSR count). The maximum atomic E-state index is 13.6. The third-order valence-electron chi connectivity index (χ3n) is 6.01. The highest BCUT2D eigenvalue weighted by Gasteiger charge is 2.30. The summed E-state index contributed by atoms with van der Waals surface area (Å²) in [5.41, 5.74) is 1.39. The molecule has 0 amide bonds. The van der Waals surface area contributed by atoms with Gasteiger partial charge in [-0.3, -0.25) is 9.36 Å². The molecule has 3 aromatic rings. The second-order valence-electron chi connectivity index (χ2n) is 8.18. The lowest BCUT2D eigenvalue weighted by atomic mass is 10.1. The molecule has 3 aromatic heterocycles. The Hall–Kier alpha value is -1.67. The fraction of sp³-hybridized carbons (Fsp3) is 0.619. The molecule has 0 N–H and O–H groups in total. The number of fused-ring (bicyclic) bond motifs is 3. The summed E-state index contributed by atoms with van der Waals surface area (Å²) in [6.07, 6.45) is 8.88. The van der Waals surface area contributed by atoms with E-state index in [1.165, 1.54) is 29.7 Å². The first-order valence-electron chi connectivity index (χ1n) is 10.7. The molecule has 0 aromatic carbocycles. The second kappa shape index (κ2) is 7.87. The van der Waals surface area contributed by atoms with Crippen molar-refractivity contribution >= 4 is 33.3 Å². The van der Waals surface area contributed by atoms with Crippen molar-refractivity contribution in [2.24, 2.45) is 0 Å². The molecule has 1 unspecified atom stereocenters. The average molecular weight is 431 g/mol. The Labute approximate surface area is 178 Å². The number of rotatable bonds is 6. The minimum atomic E-state index is 0.107. The van der Waals surface area contributed by atoms with Crippen molar-refractivity contribution in [3.05, 3.63) is 32.5 Å². The molecule has 0 bridgehead atoms. The quantitative estimate of drug-likeness (QED) is 0.302. The Balaban J connectivity index is 1.53. The molecule has 29 heavy (non-hydrogen) atoms. The van der Waals surface area contributed by atoms with Gasteiger partial charge in [-0.2, -0.15) is 4.98 Å². The molecule has 0 aliphatic heterocycles. The van der Waals surface area contributed by atoms with E-state index in [2.05, 4.69) is 24.0 Å². The molecule has 1 atom stereocenters. The van der Waals surface area contributed by atoms with Crippen LogP contribution in [0.3, 0.4) is 0 Å². The van der Waals surface area contributed by atoms with Gasteiger partial charge in [0.1, 0.15) is 4.83 Å². The molecule has 3 heterocycles. The van der Waals surface area contributed by atoms with Gasteiger partial charge in [0.15, 0.2) is 11.0 Å². The Morgan fingerprint density at radius 3 is 2.86 bits per heavy atom. The van der Waals surface area contributed by atoms with E-state index < -0.39 is 0 Å². The van der Waals surface area contributed by atoms with Crippen LogP contribution in [0, 0.1) is 0 Å². The van der Waals surface area contributed by atoms with Gasteiger partial charge in [0.05, 0.1) is 11.1 Å². The smallest absolute Gasteiger partial charge is 0.263 e. The molecule has 0 saturated heterocycles. The van der Waals surface area contributed by atoms with Gasteiger partial charge in [-0.25, -0.2) is 4.98 Å². The van der Waals surface area contributed by atoms with Crippen molar-refractivity contribution < 1.29 is 4.52 Å². The zero-order valence-electron chi connectivity index (χ0n) is 16.9. The van der Waals surface area contributed by atoms with E-state index in [1.54, 1.807) is 23.1 Å². The summed E-state index contributed by atoms with van der Waals surface area (Å²) < 4.78 is 7.27. The minimum Gasteiger partial charge on any atom is -0.339 e. The highest BCUT2D eigenvalue weighted by atomic mass is 32.2. The van der Waals surface area contributed by atoms with Crippen LogP contribution in [0.25, 0.3) is 10.2 Å². The van der Waals surface area contributed by atoms with Gasteiger partial charge in [-0.15, -0.1) is 11.3 Å². The highest BCUT2D eigenvalue weighted by Crippen LogP contribution is 2.39. The molecule has 6 nitrogen and oxygen atoms in total. The Morgan fingerprint density at radius 2 is 2.07 bits per heavy atom. The predicted molar refractivity (Wildman–Crippen MR) is 116 cm³/mol. The van der Waals surface area contributed by atoms with Crippen molar-refractivity contribution in [3.8, 4) is 0 Å². The van der Waals surface area contributed by atoms with Gasteiger partial charge in [0.2, 0.25) is 5.89 Å². The van der Waals surface area contributed by atoms with Gasteiger partial charge in [-0.05, 0) is 57.4 Å².